The number of rotatable bonds is 3. The maximum absolute atomic E-state index is 4.72. The topological polar surface area (TPSA) is 45.2 Å². The van der Waals surface area contributed by atoms with Gasteiger partial charge in [0.05, 0.1) is 5.70 Å². The van der Waals surface area contributed by atoms with Gasteiger partial charge in [0.1, 0.15) is 24.2 Å². The monoisotopic (exact) mass is 539 g/mol. The van der Waals surface area contributed by atoms with Gasteiger partial charge in [0, 0.05) is 17.8 Å². The molecule has 1 aromatic heterocycles. The number of para-hydroxylation sites is 1. The molecule has 0 saturated carbocycles. The summed E-state index contributed by atoms with van der Waals surface area (Å²) < 4.78 is 0. The van der Waals surface area contributed by atoms with Crippen molar-refractivity contribution in [2.45, 2.75) is 6.42 Å². The van der Waals surface area contributed by atoms with Gasteiger partial charge >= 0.3 is 0 Å². The molecule has 3 aliphatic rings. The molecule has 1 aliphatic carbocycles. The predicted molar refractivity (Wildman–Crippen MR) is 169 cm³/mol. The highest BCUT2D eigenvalue weighted by molar-refractivity contribution is 6.16. The van der Waals surface area contributed by atoms with Gasteiger partial charge in [-0.2, -0.15) is 0 Å². The average molecular weight is 540 g/mol. The minimum absolute atomic E-state index is 0.645. The molecule has 0 fully saturated rings. The average Bonchev–Trinajstić information content (AvgIpc) is 3.59. The molecule has 3 heterocycles. The Bertz CT molecular complexity index is 2140. The predicted octanol–water partition coefficient (Wildman–Crippen LogP) is 7.81. The van der Waals surface area contributed by atoms with Crippen molar-refractivity contribution in [2.75, 3.05) is 11.4 Å². The van der Waals surface area contributed by atoms with Crippen LogP contribution in [0, 0.1) is 0 Å². The Kier molecular flexibility index (Phi) is 4.96. The SMILES string of the molecule is C1=CCN2C(=C1)N(c1ccccc1)C(c1ncncn1)=C2c1c2ccccc2cc2cc3c(cc12)-c1ccccc1C3. The van der Waals surface area contributed by atoms with Gasteiger partial charge in [-0.1, -0.05) is 84.9 Å². The third kappa shape index (κ3) is 3.34. The number of nitrogens with zero attached hydrogens (tertiary/aromatic N) is 5. The summed E-state index contributed by atoms with van der Waals surface area (Å²) in [6.07, 6.45) is 10.7. The second-order valence-electron chi connectivity index (χ2n) is 10.9. The number of allylic oxidation sites excluding steroid dienone is 2. The van der Waals surface area contributed by atoms with E-state index in [1.807, 2.05) is 0 Å². The molecule has 0 atom stereocenters. The number of anilines is 1. The lowest BCUT2D eigenvalue weighted by molar-refractivity contribution is 0.547. The van der Waals surface area contributed by atoms with Gasteiger partial charge in [-0.15, -0.1) is 0 Å². The molecule has 0 spiro atoms. The van der Waals surface area contributed by atoms with Crippen LogP contribution in [0.15, 0.2) is 134 Å². The molecule has 2 aliphatic heterocycles. The molecule has 5 heteroatoms. The van der Waals surface area contributed by atoms with E-state index in [1.165, 1.54) is 49.4 Å². The Morgan fingerprint density at radius 2 is 1.45 bits per heavy atom. The van der Waals surface area contributed by atoms with Crippen molar-refractivity contribution in [3.63, 3.8) is 0 Å². The Labute approximate surface area is 243 Å². The molecule has 6 aromatic rings. The Hall–Kier alpha value is -5.55. The van der Waals surface area contributed by atoms with Crippen molar-refractivity contribution < 1.29 is 0 Å². The summed E-state index contributed by atoms with van der Waals surface area (Å²) in [6, 6.07) is 35.2. The smallest absolute Gasteiger partial charge is 0.181 e. The highest BCUT2D eigenvalue weighted by Crippen LogP contribution is 2.50. The quantitative estimate of drug-likeness (QED) is 0.214. The van der Waals surface area contributed by atoms with Crippen molar-refractivity contribution in [1.29, 1.82) is 0 Å². The number of hydrogen-bond acceptors (Lipinski definition) is 5. The van der Waals surface area contributed by atoms with Crippen molar-refractivity contribution in [3.05, 3.63) is 156 Å². The standard InChI is InChI=1S/C37H25N5/c1-2-12-28(13-3-1)42-33-16-8-9-17-41(33)35(36(42)37-39-22-38-23-40-37)34-30-15-7-5-11-25(30)19-27-20-26-18-24-10-4-6-14-29(24)31(26)21-32(27)34/h1-16,19-23H,17-18H2. The van der Waals surface area contributed by atoms with Gasteiger partial charge in [-0.3, -0.25) is 4.90 Å². The maximum atomic E-state index is 4.72. The molecule has 0 N–H and O–H groups in total. The zero-order valence-corrected chi connectivity index (χ0v) is 22.8. The van der Waals surface area contributed by atoms with E-state index in [0.29, 0.717) is 5.82 Å². The summed E-state index contributed by atoms with van der Waals surface area (Å²) >= 11 is 0. The highest BCUT2D eigenvalue weighted by Gasteiger charge is 2.39. The van der Waals surface area contributed by atoms with E-state index in [4.69, 9.17) is 9.97 Å². The molecular formula is C37H25N5. The van der Waals surface area contributed by atoms with Crippen LogP contribution >= 0.6 is 0 Å². The van der Waals surface area contributed by atoms with E-state index < -0.39 is 0 Å². The molecule has 0 bridgehead atoms. The Morgan fingerprint density at radius 1 is 0.643 bits per heavy atom. The van der Waals surface area contributed by atoms with Crippen LogP contribution in [0.2, 0.25) is 0 Å². The molecule has 0 radical (unpaired) electrons. The van der Waals surface area contributed by atoms with Crippen LogP contribution in [0.1, 0.15) is 22.5 Å². The summed E-state index contributed by atoms with van der Waals surface area (Å²) in [5, 5.41) is 4.90. The number of benzene rings is 5. The zero-order valence-electron chi connectivity index (χ0n) is 22.8. The lowest BCUT2D eigenvalue weighted by Crippen LogP contribution is -2.27. The Balaban J connectivity index is 1.44. The zero-order chi connectivity index (χ0) is 27.6. The van der Waals surface area contributed by atoms with Crippen LogP contribution in [0.4, 0.5) is 5.69 Å². The fourth-order valence-electron chi connectivity index (χ4n) is 6.87. The fraction of sp³-hybridized carbons (Fsp3) is 0.0541. The summed E-state index contributed by atoms with van der Waals surface area (Å²) in [7, 11) is 0. The molecule has 0 saturated heterocycles. The normalized spacial score (nSPS) is 15.3. The largest absolute Gasteiger partial charge is 0.321 e. The van der Waals surface area contributed by atoms with Crippen molar-refractivity contribution in [1.82, 2.24) is 19.9 Å². The summed E-state index contributed by atoms with van der Waals surface area (Å²) in [5.74, 6) is 1.73. The first kappa shape index (κ1) is 23.2. The van der Waals surface area contributed by atoms with Gasteiger partial charge in [0.15, 0.2) is 5.82 Å². The Morgan fingerprint density at radius 3 is 2.36 bits per heavy atom. The molecular weight excluding hydrogens is 514 g/mol. The van der Waals surface area contributed by atoms with E-state index in [1.54, 1.807) is 12.7 Å². The van der Waals surface area contributed by atoms with Crippen LogP contribution in [-0.2, 0) is 6.42 Å². The highest BCUT2D eigenvalue weighted by atomic mass is 15.4. The summed E-state index contributed by atoms with van der Waals surface area (Å²) in [6.45, 7) is 0.748. The van der Waals surface area contributed by atoms with Crippen molar-refractivity contribution in [2.24, 2.45) is 0 Å². The van der Waals surface area contributed by atoms with Crippen LogP contribution in [0.25, 0.3) is 44.1 Å². The van der Waals surface area contributed by atoms with Gasteiger partial charge in [0.2, 0.25) is 0 Å². The molecule has 5 aromatic carbocycles. The third-order valence-electron chi connectivity index (χ3n) is 8.62. The fourth-order valence-corrected chi connectivity index (χ4v) is 6.87. The lowest BCUT2D eigenvalue weighted by Gasteiger charge is -2.29. The van der Waals surface area contributed by atoms with Crippen LogP contribution in [-0.4, -0.2) is 26.4 Å². The molecule has 9 rings (SSSR count). The van der Waals surface area contributed by atoms with Crippen LogP contribution in [0.3, 0.4) is 0 Å². The second-order valence-corrected chi connectivity index (χ2v) is 10.9. The molecule has 42 heavy (non-hydrogen) atoms. The maximum Gasteiger partial charge on any atom is 0.181 e. The van der Waals surface area contributed by atoms with E-state index in [2.05, 4.69) is 130 Å². The lowest BCUT2D eigenvalue weighted by atomic mass is 9.90. The first-order chi connectivity index (χ1) is 20.8. The van der Waals surface area contributed by atoms with Gasteiger partial charge in [-0.05, 0) is 80.6 Å². The molecule has 5 nitrogen and oxygen atoms in total. The number of aromatic nitrogens is 3. The minimum Gasteiger partial charge on any atom is -0.321 e. The molecule has 0 amide bonds. The molecule has 0 unspecified atom stereocenters. The van der Waals surface area contributed by atoms with Crippen LogP contribution in [0.5, 0.6) is 0 Å². The van der Waals surface area contributed by atoms with E-state index >= 15 is 0 Å². The third-order valence-corrected chi connectivity index (χ3v) is 8.62. The molecule has 198 valence electrons. The van der Waals surface area contributed by atoms with Crippen LogP contribution < -0.4 is 4.90 Å². The van der Waals surface area contributed by atoms with Gasteiger partial charge in [0.25, 0.3) is 0 Å². The van der Waals surface area contributed by atoms with Gasteiger partial charge in [-0.25, -0.2) is 15.0 Å². The van der Waals surface area contributed by atoms with E-state index in [-0.39, 0.29) is 0 Å². The first-order valence-electron chi connectivity index (χ1n) is 14.3. The van der Waals surface area contributed by atoms with Gasteiger partial charge < -0.3 is 4.90 Å². The van der Waals surface area contributed by atoms with Crippen molar-refractivity contribution >= 4 is 38.6 Å². The van der Waals surface area contributed by atoms with Crippen molar-refractivity contribution in [3.8, 4) is 11.1 Å². The summed E-state index contributed by atoms with van der Waals surface area (Å²) in [5.41, 5.74) is 9.75. The number of fused-ring (bicyclic) bond motifs is 6. The summed E-state index contributed by atoms with van der Waals surface area (Å²) in [4.78, 5) is 18.3. The number of hydrogen-bond donors (Lipinski definition) is 0. The minimum atomic E-state index is 0.645. The second kappa shape index (κ2) is 8.98. The first-order valence-corrected chi connectivity index (χ1v) is 14.3. The van der Waals surface area contributed by atoms with E-state index in [9.17, 15) is 0 Å². The van der Waals surface area contributed by atoms with E-state index in [0.717, 1.165) is 35.9 Å².